The molecule has 3 N–H and O–H groups in total. The monoisotopic (exact) mass is 334 g/mol. The van der Waals surface area contributed by atoms with E-state index >= 15 is 0 Å². The number of fused-ring (bicyclic) bond motifs is 1. The first-order valence-corrected chi connectivity index (χ1v) is 7.16. The minimum atomic E-state index is -0.523. The molecule has 0 saturated heterocycles. The van der Waals surface area contributed by atoms with E-state index in [-0.39, 0.29) is 24.6 Å². The van der Waals surface area contributed by atoms with Crippen LogP contribution >= 0.6 is 12.4 Å². The summed E-state index contributed by atoms with van der Waals surface area (Å²) >= 11 is 0. The first-order chi connectivity index (χ1) is 10.6. The van der Waals surface area contributed by atoms with Crippen LogP contribution in [0, 0.1) is 6.92 Å². The Kier molecular flexibility index (Phi) is 5.20. The van der Waals surface area contributed by atoms with Gasteiger partial charge in [0.15, 0.2) is 5.82 Å². The fourth-order valence-electron chi connectivity index (χ4n) is 2.57. The van der Waals surface area contributed by atoms with Crippen LogP contribution in [0.3, 0.4) is 0 Å². The maximum Gasteiger partial charge on any atom is 0.282 e. The zero-order valence-corrected chi connectivity index (χ0v) is 13.5. The van der Waals surface area contributed by atoms with E-state index in [1.165, 1.54) is 4.57 Å². The van der Waals surface area contributed by atoms with Crippen molar-refractivity contribution in [3.8, 4) is 5.69 Å². The Morgan fingerprint density at radius 2 is 1.96 bits per heavy atom. The number of aromatic nitrogens is 3. The summed E-state index contributed by atoms with van der Waals surface area (Å²) in [5.74, 6) is 0.438. The fraction of sp³-hybridized carbons (Fsp3) is 0.250. The number of hydrogen-bond donors (Lipinski definition) is 2. The molecule has 0 aliphatic heterocycles. The van der Waals surface area contributed by atoms with Crippen molar-refractivity contribution in [3.63, 3.8) is 0 Å². The summed E-state index contributed by atoms with van der Waals surface area (Å²) in [6.45, 7) is 1.82. The summed E-state index contributed by atoms with van der Waals surface area (Å²) in [5, 5.41) is 13.6. The van der Waals surface area contributed by atoms with E-state index in [1.807, 2.05) is 43.3 Å². The number of aliphatic hydroxyl groups excluding tert-OH is 1. The molecule has 0 fully saturated rings. The molecule has 1 atom stereocenters. The molecule has 0 radical (unpaired) electrons. The second-order valence-corrected chi connectivity index (χ2v) is 5.25. The third-order valence-electron chi connectivity index (χ3n) is 3.70. The topological polar surface area (TPSA) is 85.5 Å². The lowest BCUT2D eigenvalue weighted by atomic mass is 10.2. The Hall–Kier alpha value is -2.15. The molecular formula is C16H19ClN4O2. The van der Waals surface area contributed by atoms with Crippen molar-refractivity contribution in [1.29, 1.82) is 0 Å². The number of para-hydroxylation sites is 1. The largest absolute Gasteiger partial charge is 0.396 e. The van der Waals surface area contributed by atoms with Crippen LogP contribution < -0.4 is 11.3 Å². The van der Waals surface area contributed by atoms with Crippen molar-refractivity contribution in [2.24, 2.45) is 5.73 Å². The van der Waals surface area contributed by atoms with Gasteiger partial charge in [0.2, 0.25) is 0 Å². The van der Waals surface area contributed by atoms with Crippen molar-refractivity contribution in [2.75, 3.05) is 6.61 Å². The molecule has 0 saturated carbocycles. The van der Waals surface area contributed by atoms with Gasteiger partial charge in [-0.05, 0) is 37.1 Å². The van der Waals surface area contributed by atoms with Gasteiger partial charge < -0.3 is 10.8 Å². The Balaban J connectivity index is 0.00000192. The Morgan fingerprint density at radius 1 is 1.26 bits per heavy atom. The van der Waals surface area contributed by atoms with Gasteiger partial charge in [-0.15, -0.1) is 12.4 Å². The molecule has 2 aromatic heterocycles. The van der Waals surface area contributed by atoms with Crippen LogP contribution in [0.25, 0.3) is 11.2 Å². The number of hydrogen-bond acceptors (Lipinski definition) is 4. The van der Waals surface area contributed by atoms with E-state index < -0.39 is 6.04 Å². The van der Waals surface area contributed by atoms with Gasteiger partial charge in [-0.25, -0.2) is 4.52 Å². The number of rotatable bonds is 4. The Morgan fingerprint density at radius 3 is 2.61 bits per heavy atom. The second kappa shape index (κ2) is 6.95. The smallest absolute Gasteiger partial charge is 0.282 e. The van der Waals surface area contributed by atoms with Crippen LogP contribution in [0.5, 0.6) is 0 Å². The van der Waals surface area contributed by atoms with Gasteiger partial charge in [0.05, 0.1) is 11.7 Å². The highest BCUT2D eigenvalue weighted by atomic mass is 35.5. The zero-order chi connectivity index (χ0) is 15.7. The van der Waals surface area contributed by atoms with Crippen LogP contribution in [-0.2, 0) is 0 Å². The van der Waals surface area contributed by atoms with Gasteiger partial charge in [-0.2, -0.15) is 5.10 Å². The molecule has 0 aliphatic carbocycles. The van der Waals surface area contributed by atoms with Crippen LogP contribution in [0.15, 0.2) is 47.4 Å². The predicted molar refractivity (Wildman–Crippen MR) is 91.4 cm³/mol. The molecule has 0 bridgehead atoms. The fourth-order valence-corrected chi connectivity index (χ4v) is 2.57. The number of nitrogens with zero attached hydrogens (tertiary/aromatic N) is 3. The normalized spacial score (nSPS) is 12.1. The quantitative estimate of drug-likeness (QED) is 0.759. The average molecular weight is 335 g/mol. The molecule has 6 nitrogen and oxygen atoms in total. The van der Waals surface area contributed by atoms with Crippen molar-refractivity contribution in [1.82, 2.24) is 14.2 Å². The van der Waals surface area contributed by atoms with Crippen LogP contribution in [0.1, 0.15) is 23.9 Å². The maximum absolute atomic E-state index is 12.9. The molecule has 23 heavy (non-hydrogen) atoms. The molecule has 0 spiro atoms. The first-order valence-electron chi connectivity index (χ1n) is 7.16. The van der Waals surface area contributed by atoms with E-state index in [4.69, 9.17) is 10.8 Å². The van der Waals surface area contributed by atoms with E-state index in [9.17, 15) is 4.79 Å². The summed E-state index contributed by atoms with van der Waals surface area (Å²) in [6.07, 6.45) is 2.08. The second-order valence-electron chi connectivity index (χ2n) is 5.25. The highest BCUT2D eigenvalue weighted by molar-refractivity contribution is 5.85. The van der Waals surface area contributed by atoms with Crippen LogP contribution in [-0.4, -0.2) is 25.9 Å². The molecule has 0 unspecified atom stereocenters. The van der Waals surface area contributed by atoms with Gasteiger partial charge >= 0.3 is 0 Å². The van der Waals surface area contributed by atoms with Gasteiger partial charge in [-0.3, -0.25) is 9.36 Å². The summed E-state index contributed by atoms with van der Waals surface area (Å²) in [5.41, 5.74) is 8.07. The van der Waals surface area contributed by atoms with Gasteiger partial charge in [0.1, 0.15) is 5.52 Å². The van der Waals surface area contributed by atoms with E-state index in [0.29, 0.717) is 23.4 Å². The molecule has 3 aromatic rings. The van der Waals surface area contributed by atoms with Crippen molar-refractivity contribution in [2.45, 2.75) is 19.4 Å². The first kappa shape index (κ1) is 17.2. The van der Waals surface area contributed by atoms with E-state index in [1.54, 1.807) is 10.7 Å². The van der Waals surface area contributed by atoms with Gasteiger partial charge in [0, 0.05) is 12.8 Å². The predicted octanol–water partition coefficient (Wildman–Crippen LogP) is 1.60. The summed E-state index contributed by atoms with van der Waals surface area (Å²) < 4.78 is 3.09. The molecule has 1 aromatic carbocycles. The molecule has 0 aliphatic rings. The van der Waals surface area contributed by atoms with E-state index in [0.717, 1.165) is 5.56 Å². The highest BCUT2D eigenvalue weighted by Crippen LogP contribution is 2.16. The molecule has 7 heteroatoms. The highest BCUT2D eigenvalue weighted by Gasteiger charge is 2.19. The minimum absolute atomic E-state index is 0. The lowest BCUT2D eigenvalue weighted by molar-refractivity contribution is 0.273. The molecule has 122 valence electrons. The molecule has 0 amide bonds. The molecular weight excluding hydrogens is 316 g/mol. The van der Waals surface area contributed by atoms with Gasteiger partial charge in [-0.1, -0.05) is 18.2 Å². The van der Waals surface area contributed by atoms with Crippen molar-refractivity contribution < 1.29 is 5.11 Å². The standard InChI is InChI=1S/C16H18N4O2.ClH/c1-11-7-9-19-14(11)16(22)20(12-5-3-2-4-6-12)15(18-19)13(17)8-10-21;/h2-7,9,13,21H,8,10,17H2,1H3;1H/t13-;/m0./s1. The third kappa shape index (κ3) is 3.01. The molecule has 3 rings (SSSR count). The third-order valence-corrected chi connectivity index (χ3v) is 3.70. The van der Waals surface area contributed by atoms with Crippen LogP contribution in [0.2, 0.25) is 0 Å². The number of nitrogens with two attached hydrogens (primary N) is 1. The number of aryl methyl sites for hydroxylation is 1. The number of benzene rings is 1. The Labute approximate surface area is 139 Å². The van der Waals surface area contributed by atoms with Gasteiger partial charge in [0.25, 0.3) is 5.56 Å². The zero-order valence-electron chi connectivity index (χ0n) is 12.7. The summed E-state index contributed by atoms with van der Waals surface area (Å²) in [4.78, 5) is 12.9. The maximum atomic E-state index is 12.9. The number of halogens is 1. The molecule has 2 heterocycles. The van der Waals surface area contributed by atoms with Crippen LogP contribution in [0.4, 0.5) is 0 Å². The van der Waals surface area contributed by atoms with Crippen molar-refractivity contribution >= 4 is 17.9 Å². The van der Waals surface area contributed by atoms with E-state index in [2.05, 4.69) is 5.10 Å². The summed E-state index contributed by atoms with van der Waals surface area (Å²) in [7, 11) is 0. The average Bonchev–Trinajstić information content (AvgIpc) is 2.90. The minimum Gasteiger partial charge on any atom is -0.396 e. The van der Waals surface area contributed by atoms with Crippen molar-refractivity contribution in [3.05, 3.63) is 64.3 Å². The lowest BCUT2D eigenvalue weighted by Crippen LogP contribution is -2.31. The number of aliphatic hydroxyl groups is 1. The summed E-state index contributed by atoms with van der Waals surface area (Å²) in [6, 6.07) is 10.6. The lowest BCUT2D eigenvalue weighted by Gasteiger charge is -2.17. The SMILES string of the molecule is Cc1ccn2nc([C@@H](N)CCO)n(-c3ccccc3)c(=O)c12.Cl. The Bertz CT molecular complexity index is 858.